The fourth-order valence-corrected chi connectivity index (χ4v) is 1.65. The molecular weight excluding hydrogens is 293 g/mol. The van der Waals surface area contributed by atoms with Crippen LogP contribution in [0.3, 0.4) is 0 Å². The van der Waals surface area contributed by atoms with Crippen LogP contribution in [0.15, 0.2) is 24.3 Å². The molecule has 1 amide bonds. The number of carbonyl (C=O) groups excluding carboxylic acids is 1. The lowest BCUT2D eigenvalue weighted by molar-refractivity contribution is -0.142. The van der Waals surface area contributed by atoms with Crippen LogP contribution < -0.4 is 14.8 Å². The van der Waals surface area contributed by atoms with E-state index in [4.69, 9.17) is 14.6 Å². The molecule has 7 heteroatoms. The van der Waals surface area contributed by atoms with Gasteiger partial charge in [-0.2, -0.15) is 0 Å². The number of halogens is 1. The van der Waals surface area contributed by atoms with E-state index in [1.165, 1.54) is 0 Å². The number of amides is 1. The summed E-state index contributed by atoms with van der Waals surface area (Å²) in [6, 6.07) is 5.59. The SMILES string of the molecule is CCOc1ccc(OCCCC(=O)NC(CF)C(=O)O)cc1. The van der Waals surface area contributed by atoms with Crippen LogP contribution in [-0.4, -0.2) is 42.9 Å². The minimum atomic E-state index is -1.49. The number of aliphatic carboxylic acids is 1. The highest BCUT2D eigenvalue weighted by Crippen LogP contribution is 2.17. The first kappa shape index (κ1) is 17.7. The maximum absolute atomic E-state index is 12.3. The third-order valence-electron chi connectivity index (χ3n) is 2.74. The molecule has 1 aromatic carbocycles. The Balaban J connectivity index is 2.24. The van der Waals surface area contributed by atoms with Gasteiger partial charge in [0.2, 0.25) is 5.91 Å². The second-order valence-corrected chi connectivity index (χ2v) is 4.47. The van der Waals surface area contributed by atoms with Gasteiger partial charge in [-0.05, 0) is 37.6 Å². The lowest BCUT2D eigenvalue weighted by Gasteiger charge is -2.11. The number of carboxylic acid groups (broad SMARTS) is 1. The zero-order chi connectivity index (χ0) is 16.4. The van der Waals surface area contributed by atoms with E-state index in [-0.39, 0.29) is 6.42 Å². The topological polar surface area (TPSA) is 84.9 Å². The van der Waals surface area contributed by atoms with Gasteiger partial charge in [0, 0.05) is 6.42 Å². The number of hydrogen-bond donors (Lipinski definition) is 2. The molecule has 0 saturated carbocycles. The van der Waals surface area contributed by atoms with Crippen molar-refractivity contribution in [3.05, 3.63) is 24.3 Å². The summed E-state index contributed by atoms with van der Waals surface area (Å²) in [6.07, 6.45) is 0.471. The normalized spacial score (nSPS) is 11.5. The number of carboxylic acids is 1. The van der Waals surface area contributed by atoms with E-state index in [1.54, 1.807) is 24.3 Å². The Morgan fingerprint density at radius 2 is 1.82 bits per heavy atom. The van der Waals surface area contributed by atoms with Crippen molar-refractivity contribution < 1.29 is 28.6 Å². The second-order valence-electron chi connectivity index (χ2n) is 4.47. The Morgan fingerprint density at radius 1 is 1.23 bits per heavy atom. The van der Waals surface area contributed by atoms with Gasteiger partial charge in [0.15, 0.2) is 6.04 Å². The number of nitrogens with one attached hydrogen (secondary N) is 1. The molecule has 1 unspecified atom stereocenters. The first-order chi connectivity index (χ1) is 10.6. The molecule has 0 spiro atoms. The molecule has 0 aliphatic rings. The van der Waals surface area contributed by atoms with Crippen LogP contribution in [0.25, 0.3) is 0 Å². The van der Waals surface area contributed by atoms with Gasteiger partial charge >= 0.3 is 5.97 Å². The van der Waals surface area contributed by atoms with E-state index < -0.39 is 24.6 Å². The monoisotopic (exact) mass is 313 g/mol. The van der Waals surface area contributed by atoms with Crippen molar-refractivity contribution in [2.75, 3.05) is 19.9 Å². The standard InChI is InChI=1S/C15H20FNO5/c1-2-21-11-5-7-12(8-6-11)22-9-3-4-14(18)17-13(10-16)15(19)20/h5-8,13H,2-4,9-10H2,1H3,(H,17,18)(H,19,20). The number of ether oxygens (including phenoxy) is 2. The van der Waals surface area contributed by atoms with Gasteiger partial charge in [-0.15, -0.1) is 0 Å². The van der Waals surface area contributed by atoms with Crippen LogP contribution in [0.4, 0.5) is 4.39 Å². The number of rotatable bonds is 10. The number of hydrogen-bond acceptors (Lipinski definition) is 4. The van der Waals surface area contributed by atoms with E-state index in [0.29, 0.717) is 25.4 Å². The predicted molar refractivity (Wildman–Crippen MR) is 77.9 cm³/mol. The molecule has 0 radical (unpaired) electrons. The summed E-state index contributed by atoms with van der Waals surface area (Å²) in [5, 5.41) is 10.7. The summed E-state index contributed by atoms with van der Waals surface area (Å²) in [5.41, 5.74) is 0. The number of alkyl halides is 1. The van der Waals surface area contributed by atoms with Crippen LogP contribution >= 0.6 is 0 Å². The Bertz CT molecular complexity index is 477. The maximum Gasteiger partial charge on any atom is 0.328 e. The second kappa shape index (κ2) is 9.59. The van der Waals surface area contributed by atoms with Crippen molar-refractivity contribution in [3.63, 3.8) is 0 Å². The fourth-order valence-electron chi connectivity index (χ4n) is 1.65. The van der Waals surface area contributed by atoms with Crippen LogP contribution in [0.1, 0.15) is 19.8 Å². The lowest BCUT2D eigenvalue weighted by atomic mass is 10.2. The van der Waals surface area contributed by atoms with Crippen LogP contribution in [0.2, 0.25) is 0 Å². The smallest absolute Gasteiger partial charge is 0.328 e. The van der Waals surface area contributed by atoms with Crippen molar-refractivity contribution >= 4 is 11.9 Å². The summed E-state index contributed by atoms with van der Waals surface area (Å²) in [5.74, 6) is -0.502. The van der Waals surface area contributed by atoms with Crippen molar-refractivity contribution in [2.45, 2.75) is 25.8 Å². The molecule has 0 saturated heterocycles. The summed E-state index contributed by atoms with van der Waals surface area (Å²) >= 11 is 0. The van der Waals surface area contributed by atoms with Crippen molar-refractivity contribution in [2.24, 2.45) is 0 Å². The van der Waals surface area contributed by atoms with Crippen molar-refractivity contribution in [1.29, 1.82) is 0 Å². The molecule has 0 heterocycles. The molecule has 0 bridgehead atoms. The first-order valence-corrected chi connectivity index (χ1v) is 7.00. The molecule has 22 heavy (non-hydrogen) atoms. The van der Waals surface area contributed by atoms with Crippen LogP contribution in [0.5, 0.6) is 11.5 Å². The average molecular weight is 313 g/mol. The molecule has 122 valence electrons. The highest BCUT2D eigenvalue weighted by Gasteiger charge is 2.18. The Morgan fingerprint density at radius 3 is 2.32 bits per heavy atom. The molecule has 2 N–H and O–H groups in total. The van der Waals surface area contributed by atoms with Gasteiger partial charge in [0.1, 0.15) is 18.2 Å². The van der Waals surface area contributed by atoms with Crippen molar-refractivity contribution in [1.82, 2.24) is 5.32 Å². The molecule has 0 aliphatic carbocycles. The van der Waals surface area contributed by atoms with E-state index in [1.807, 2.05) is 6.92 Å². The lowest BCUT2D eigenvalue weighted by Crippen LogP contribution is -2.42. The number of carbonyl (C=O) groups is 2. The molecular formula is C15H20FNO5. The van der Waals surface area contributed by atoms with Crippen LogP contribution in [0, 0.1) is 0 Å². The largest absolute Gasteiger partial charge is 0.494 e. The third kappa shape index (κ3) is 6.43. The van der Waals surface area contributed by atoms with Crippen LogP contribution in [-0.2, 0) is 9.59 Å². The summed E-state index contributed by atoms with van der Waals surface area (Å²) in [4.78, 5) is 22.0. The number of benzene rings is 1. The molecule has 1 atom stereocenters. The van der Waals surface area contributed by atoms with Gasteiger partial charge in [-0.25, -0.2) is 9.18 Å². The minimum absolute atomic E-state index is 0.0702. The maximum atomic E-state index is 12.3. The van der Waals surface area contributed by atoms with Gasteiger partial charge in [-0.3, -0.25) is 4.79 Å². The molecule has 1 rings (SSSR count). The van der Waals surface area contributed by atoms with E-state index in [9.17, 15) is 14.0 Å². The summed E-state index contributed by atoms with van der Waals surface area (Å²) < 4.78 is 23.1. The predicted octanol–water partition coefficient (Wildman–Crippen LogP) is 1.78. The highest BCUT2D eigenvalue weighted by molar-refractivity contribution is 5.83. The molecule has 0 aliphatic heterocycles. The third-order valence-corrected chi connectivity index (χ3v) is 2.74. The average Bonchev–Trinajstić information content (AvgIpc) is 2.50. The quantitative estimate of drug-likeness (QED) is 0.643. The highest BCUT2D eigenvalue weighted by atomic mass is 19.1. The van der Waals surface area contributed by atoms with E-state index in [2.05, 4.69) is 5.32 Å². The van der Waals surface area contributed by atoms with Gasteiger partial charge in [0.05, 0.1) is 13.2 Å². The zero-order valence-electron chi connectivity index (χ0n) is 12.4. The molecule has 0 aromatic heterocycles. The molecule has 0 fully saturated rings. The zero-order valence-corrected chi connectivity index (χ0v) is 12.4. The summed E-state index contributed by atoms with van der Waals surface area (Å²) in [7, 11) is 0. The van der Waals surface area contributed by atoms with Crippen molar-refractivity contribution in [3.8, 4) is 11.5 Å². The summed E-state index contributed by atoms with van der Waals surface area (Å²) in [6.45, 7) is 1.65. The first-order valence-electron chi connectivity index (χ1n) is 7.00. The Kier molecular flexibility index (Phi) is 7.74. The fraction of sp³-hybridized carbons (Fsp3) is 0.467. The Labute approximate surface area is 128 Å². The van der Waals surface area contributed by atoms with Gasteiger partial charge in [-0.1, -0.05) is 0 Å². The van der Waals surface area contributed by atoms with E-state index >= 15 is 0 Å². The minimum Gasteiger partial charge on any atom is -0.494 e. The molecule has 1 aromatic rings. The van der Waals surface area contributed by atoms with E-state index in [0.717, 1.165) is 5.75 Å². The Hall–Kier alpha value is -2.31. The van der Waals surface area contributed by atoms with Gasteiger partial charge < -0.3 is 19.9 Å². The van der Waals surface area contributed by atoms with Gasteiger partial charge in [0.25, 0.3) is 0 Å². The molecule has 6 nitrogen and oxygen atoms in total.